The molecule has 0 aliphatic carbocycles. The summed E-state index contributed by atoms with van der Waals surface area (Å²) >= 11 is 0. The summed E-state index contributed by atoms with van der Waals surface area (Å²) in [6.07, 6.45) is -4.45. The maximum Gasteiger partial charge on any atom is 0.416 e. The van der Waals surface area contributed by atoms with E-state index >= 15 is 0 Å². The molecule has 0 bridgehead atoms. The van der Waals surface area contributed by atoms with Crippen molar-refractivity contribution in [1.82, 2.24) is 24.8 Å². The van der Waals surface area contributed by atoms with E-state index in [0.717, 1.165) is 17.7 Å². The molecule has 0 N–H and O–H groups in total. The fourth-order valence-corrected chi connectivity index (χ4v) is 3.49. The molecule has 6 nitrogen and oxygen atoms in total. The number of hydrogen-bond acceptors (Lipinski definition) is 4. The molecular weight excluding hydrogens is 407 g/mol. The highest BCUT2D eigenvalue weighted by atomic mass is 19.4. The van der Waals surface area contributed by atoms with Gasteiger partial charge in [0.1, 0.15) is 6.54 Å². The number of benzene rings is 2. The van der Waals surface area contributed by atoms with E-state index < -0.39 is 11.7 Å². The van der Waals surface area contributed by atoms with Gasteiger partial charge in [0.2, 0.25) is 5.82 Å². The number of nitrogens with zero attached hydrogens (tertiary/aromatic N) is 5. The minimum Gasteiger partial charge on any atom is -0.318 e. The van der Waals surface area contributed by atoms with Crippen LogP contribution in [-0.4, -0.2) is 30.6 Å². The van der Waals surface area contributed by atoms with Crippen LogP contribution in [0.4, 0.5) is 13.2 Å². The van der Waals surface area contributed by atoms with Crippen LogP contribution in [0.1, 0.15) is 27.3 Å². The summed E-state index contributed by atoms with van der Waals surface area (Å²) in [4.78, 5) is 14.1. The molecule has 0 saturated carbocycles. The van der Waals surface area contributed by atoms with Crippen LogP contribution in [-0.2, 0) is 12.7 Å². The first-order valence-corrected chi connectivity index (χ1v) is 9.47. The Labute approximate surface area is 175 Å². The number of carbonyl (C=O) groups excluding carboxylic acids is 1. The molecule has 2 heterocycles. The Kier molecular flexibility index (Phi) is 5.18. The van der Waals surface area contributed by atoms with E-state index in [1.54, 1.807) is 30.5 Å². The maximum absolute atomic E-state index is 13.1. The fraction of sp³-hybridized carbons (Fsp3) is 0.182. The summed E-state index contributed by atoms with van der Waals surface area (Å²) in [7, 11) is 0. The van der Waals surface area contributed by atoms with Gasteiger partial charge in [-0.2, -0.15) is 18.0 Å². The van der Waals surface area contributed by atoms with E-state index in [-0.39, 0.29) is 12.3 Å². The van der Waals surface area contributed by atoms with Gasteiger partial charge >= 0.3 is 6.18 Å². The maximum atomic E-state index is 13.1. The number of Topliss-reactive ketones (excluding diaryl/α,β-unsaturated/α-hetero) is 1. The van der Waals surface area contributed by atoms with Crippen LogP contribution >= 0.6 is 0 Å². The van der Waals surface area contributed by atoms with Crippen molar-refractivity contribution in [1.29, 1.82) is 0 Å². The molecule has 2 aromatic heterocycles. The third-order valence-corrected chi connectivity index (χ3v) is 4.93. The monoisotopic (exact) mass is 425 g/mol. The Morgan fingerprint density at radius 3 is 2.45 bits per heavy atom. The quantitative estimate of drug-likeness (QED) is 0.437. The Bertz CT molecular complexity index is 1240. The van der Waals surface area contributed by atoms with Crippen molar-refractivity contribution in [2.45, 2.75) is 26.6 Å². The SMILES string of the molecule is Cc1cc(C(=O)Cn2nnc(-c3ccccc3)n2)c(C)n1-c1cccc(C(F)(F)F)c1. The number of tetrazole rings is 1. The van der Waals surface area contributed by atoms with Crippen molar-refractivity contribution in [3.63, 3.8) is 0 Å². The second-order valence-electron chi connectivity index (χ2n) is 7.10. The van der Waals surface area contributed by atoms with Crippen LogP contribution in [0.5, 0.6) is 0 Å². The lowest BCUT2D eigenvalue weighted by Gasteiger charge is -2.13. The first kappa shape index (κ1) is 20.5. The number of aryl methyl sites for hydroxylation is 1. The van der Waals surface area contributed by atoms with Crippen LogP contribution in [0.25, 0.3) is 17.1 Å². The molecule has 9 heteroatoms. The summed E-state index contributed by atoms with van der Waals surface area (Å²) in [6.45, 7) is 3.31. The average Bonchev–Trinajstić information content (AvgIpc) is 3.32. The summed E-state index contributed by atoms with van der Waals surface area (Å²) < 4.78 is 40.9. The molecule has 0 radical (unpaired) electrons. The largest absolute Gasteiger partial charge is 0.416 e. The van der Waals surface area contributed by atoms with Crippen LogP contribution < -0.4 is 0 Å². The lowest BCUT2D eigenvalue weighted by Crippen LogP contribution is -2.14. The molecule has 0 atom stereocenters. The van der Waals surface area contributed by atoms with Gasteiger partial charge in [0, 0.05) is 28.2 Å². The predicted molar refractivity (Wildman–Crippen MR) is 108 cm³/mol. The zero-order valence-electron chi connectivity index (χ0n) is 16.8. The van der Waals surface area contributed by atoms with Gasteiger partial charge in [-0.1, -0.05) is 36.4 Å². The van der Waals surface area contributed by atoms with Gasteiger partial charge in [-0.3, -0.25) is 4.79 Å². The van der Waals surface area contributed by atoms with E-state index in [4.69, 9.17) is 0 Å². The molecule has 0 spiro atoms. The summed E-state index contributed by atoms with van der Waals surface area (Å²) in [5.41, 5.74) is 1.97. The molecule has 0 unspecified atom stereocenters. The van der Waals surface area contributed by atoms with E-state index in [2.05, 4.69) is 15.4 Å². The van der Waals surface area contributed by atoms with E-state index in [1.165, 1.54) is 10.9 Å². The second kappa shape index (κ2) is 7.82. The summed E-state index contributed by atoms with van der Waals surface area (Å²) in [5, 5.41) is 12.2. The third-order valence-electron chi connectivity index (χ3n) is 4.93. The highest BCUT2D eigenvalue weighted by Gasteiger charge is 2.31. The lowest BCUT2D eigenvalue weighted by atomic mass is 10.1. The van der Waals surface area contributed by atoms with Crippen LogP contribution in [0.3, 0.4) is 0 Å². The molecule has 4 rings (SSSR count). The first-order valence-electron chi connectivity index (χ1n) is 9.47. The topological polar surface area (TPSA) is 65.6 Å². The Balaban J connectivity index is 1.61. The smallest absolute Gasteiger partial charge is 0.318 e. The summed E-state index contributed by atoms with van der Waals surface area (Å²) in [5.74, 6) is 0.145. The highest BCUT2D eigenvalue weighted by Crippen LogP contribution is 2.31. The van der Waals surface area contributed by atoms with Gasteiger partial charge < -0.3 is 4.57 Å². The molecular formula is C22H18F3N5O. The zero-order valence-corrected chi connectivity index (χ0v) is 16.8. The number of halogens is 3. The highest BCUT2D eigenvalue weighted by molar-refractivity contribution is 5.97. The minimum atomic E-state index is -4.45. The normalized spacial score (nSPS) is 11.6. The number of hydrogen-bond donors (Lipinski definition) is 0. The van der Waals surface area contributed by atoms with Crippen molar-refractivity contribution in [2.24, 2.45) is 0 Å². The zero-order chi connectivity index (χ0) is 22.2. The van der Waals surface area contributed by atoms with Crippen molar-refractivity contribution in [3.05, 3.63) is 83.2 Å². The first-order chi connectivity index (χ1) is 14.7. The molecule has 0 amide bonds. The molecule has 0 aliphatic rings. The number of rotatable bonds is 5. The van der Waals surface area contributed by atoms with Gasteiger partial charge in [0.15, 0.2) is 5.78 Å². The summed E-state index contributed by atoms with van der Waals surface area (Å²) in [6, 6.07) is 15.9. The number of ketones is 1. The van der Waals surface area contributed by atoms with Crippen molar-refractivity contribution >= 4 is 5.78 Å². The number of carbonyl (C=O) groups is 1. The van der Waals surface area contributed by atoms with Crippen molar-refractivity contribution in [3.8, 4) is 17.1 Å². The van der Waals surface area contributed by atoms with Crippen LogP contribution in [0, 0.1) is 13.8 Å². The van der Waals surface area contributed by atoms with Gasteiger partial charge in [0.25, 0.3) is 0 Å². The predicted octanol–water partition coefficient (Wildman–Crippen LogP) is 4.65. The van der Waals surface area contributed by atoms with E-state index in [1.807, 2.05) is 30.3 Å². The number of aromatic nitrogens is 5. The van der Waals surface area contributed by atoms with Gasteiger partial charge in [0.05, 0.1) is 5.56 Å². The molecule has 31 heavy (non-hydrogen) atoms. The molecule has 0 saturated heterocycles. The van der Waals surface area contributed by atoms with E-state index in [9.17, 15) is 18.0 Å². The Morgan fingerprint density at radius 2 is 1.74 bits per heavy atom. The van der Waals surface area contributed by atoms with Gasteiger partial charge in [-0.25, -0.2) is 0 Å². The Hall–Kier alpha value is -3.75. The molecule has 158 valence electrons. The molecule has 0 fully saturated rings. The van der Waals surface area contributed by atoms with Crippen LogP contribution in [0.15, 0.2) is 60.7 Å². The molecule has 4 aromatic rings. The average molecular weight is 425 g/mol. The van der Waals surface area contributed by atoms with Crippen molar-refractivity contribution < 1.29 is 18.0 Å². The fourth-order valence-electron chi connectivity index (χ4n) is 3.49. The number of alkyl halides is 3. The van der Waals surface area contributed by atoms with E-state index in [0.29, 0.717) is 28.5 Å². The Morgan fingerprint density at radius 1 is 1.00 bits per heavy atom. The van der Waals surface area contributed by atoms with Gasteiger partial charge in [-0.15, -0.1) is 10.2 Å². The van der Waals surface area contributed by atoms with Gasteiger partial charge in [-0.05, 0) is 43.3 Å². The minimum absolute atomic E-state index is 0.132. The lowest BCUT2D eigenvalue weighted by molar-refractivity contribution is -0.137. The van der Waals surface area contributed by atoms with Crippen molar-refractivity contribution in [2.75, 3.05) is 0 Å². The van der Waals surface area contributed by atoms with Crippen LogP contribution in [0.2, 0.25) is 0 Å². The third kappa shape index (κ3) is 4.11. The standard InChI is InChI=1S/C22H18F3N5O/c1-14-11-19(15(2)30(14)18-10-6-9-17(12-18)22(23,24)25)20(31)13-29-27-21(26-28-29)16-7-4-3-5-8-16/h3-12H,13H2,1-2H3. The molecule has 2 aromatic carbocycles. The molecule has 0 aliphatic heterocycles. The second-order valence-corrected chi connectivity index (χ2v) is 7.10.